The first-order valence-corrected chi connectivity index (χ1v) is 5.79. The Balaban J connectivity index is 1.89. The van der Waals surface area contributed by atoms with Crippen LogP contribution in [0.5, 0.6) is 0 Å². The van der Waals surface area contributed by atoms with Crippen molar-refractivity contribution in [3.05, 3.63) is 29.8 Å². The Labute approximate surface area is 108 Å². The molecular weight excluding hydrogens is 258 g/mol. The molecule has 3 N–H and O–H groups in total. The van der Waals surface area contributed by atoms with Crippen molar-refractivity contribution in [3.8, 4) is 0 Å². The van der Waals surface area contributed by atoms with E-state index in [-0.39, 0.29) is 18.8 Å². The highest BCUT2D eigenvalue weighted by atomic mass is 19.2. The molecule has 2 rings (SSSR count). The van der Waals surface area contributed by atoms with E-state index in [9.17, 15) is 18.7 Å². The summed E-state index contributed by atoms with van der Waals surface area (Å²) in [5.41, 5.74) is -1.36. The van der Waals surface area contributed by atoms with Gasteiger partial charge in [-0.15, -0.1) is 0 Å². The SMILES string of the molecule is O=C(NC[C@]1(O)CCOC1)Nc1cccc(F)c1F. The van der Waals surface area contributed by atoms with Gasteiger partial charge in [0.15, 0.2) is 11.6 Å². The van der Waals surface area contributed by atoms with Gasteiger partial charge in [0, 0.05) is 13.0 Å². The van der Waals surface area contributed by atoms with Gasteiger partial charge in [-0.25, -0.2) is 13.6 Å². The molecule has 1 atom stereocenters. The second kappa shape index (κ2) is 5.50. The summed E-state index contributed by atoms with van der Waals surface area (Å²) in [6.07, 6.45) is 0.418. The van der Waals surface area contributed by atoms with Crippen LogP contribution in [-0.4, -0.2) is 36.5 Å². The van der Waals surface area contributed by atoms with Crippen molar-refractivity contribution in [1.29, 1.82) is 0 Å². The van der Waals surface area contributed by atoms with Crippen LogP contribution in [0.25, 0.3) is 0 Å². The minimum atomic E-state index is -1.12. The fraction of sp³-hybridized carbons (Fsp3) is 0.417. The highest BCUT2D eigenvalue weighted by Gasteiger charge is 2.32. The normalized spacial score (nSPS) is 22.3. The third kappa shape index (κ3) is 3.39. The number of aliphatic hydroxyl groups is 1. The van der Waals surface area contributed by atoms with Crippen LogP contribution < -0.4 is 10.6 Å². The fourth-order valence-electron chi connectivity index (χ4n) is 1.75. The number of hydrogen-bond acceptors (Lipinski definition) is 3. The average Bonchev–Trinajstić information content (AvgIpc) is 2.80. The molecule has 0 spiro atoms. The molecule has 1 aliphatic heterocycles. The number of hydrogen-bond donors (Lipinski definition) is 3. The first-order valence-electron chi connectivity index (χ1n) is 5.79. The van der Waals surface area contributed by atoms with Crippen molar-refractivity contribution < 1.29 is 23.4 Å². The lowest BCUT2D eigenvalue weighted by Crippen LogP contribution is -2.44. The Morgan fingerprint density at radius 3 is 2.95 bits per heavy atom. The van der Waals surface area contributed by atoms with Gasteiger partial charge in [0.25, 0.3) is 0 Å². The number of carbonyl (C=O) groups excluding carboxylic acids is 1. The van der Waals surface area contributed by atoms with E-state index in [0.29, 0.717) is 13.0 Å². The Bertz CT molecular complexity index is 476. The number of benzene rings is 1. The summed E-state index contributed by atoms with van der Waals surface area (Å²) in [4.78, 5) is 11.5. The smallest absolute Gasteiger partial charge is 0.319 e. The lowest BCUT2D eigenvalue weighted by Gasteiger charge is -2.20. The lowest BCUT2D eigenvalue weighted by molar-refractivity contribution is 0.0295. The molecule has 2 amide bonds. The summed E-state index contributed by atoms with van der Waals surface area (Å²) < 4.78 is 31.2. The zero-order valence-electron chi connectivity index (χ0n) is 10.1. The molecule has 0 unspecified atom stereocenters. The van der Waals surface area contributed by atoms with Gasteiger partial charge in [-0.3, -0.25) is 0 Å². The second-order valence-electron chi connectivity index (χ2n) is 4.44. The number of urea groups is 1. The van der Waals surface area contributed by atoms with Crippen LogP contribution >= 0.6 is 0 Å². The number of amides is 2. The summed E-state index contributed by atoms with van der Waals surface area (Å²) in [6, 6.07) is 2.76. The molecule has 5 nitrogen and oxygen atoms in total. The van der Waals surface area contributed by atoms with Gasteiger partial charge in [-0.1, -0.05) is 6.07 Å². The first-order chi connectivity index (χ1) is 9.00. The van der Waals surface area contributed by atoms with Crippen molar-refractivity contribution in [1.82, 2.24) is 5.32 Å². The average molecular weight is 272 g/mol. The summed E-state index contributed by atoms with van der Waals surface area (Å²) in [5.74, 6) is -2.17. The monoisotopic (exact) mass is 272 g/mol. The van der Waals surface area contributed by atoms with Crippen molar-refractivity contribution in [2.75, 3.05) is 25.1 Å². The summed E-state index contributed by atoms with van der Waals surface area (Å²) in [6.45, 7) is 0.551. The van der Waals surface area contributed by atoms with E-state index in [1.165, 1.54) is 12.1 Å². The quantitative estimate of drug-likeness (QED) is 0.775. The number of anilines is 1. The van der Waals surface area contributed by atoms with E-state index in [0.717, 1.165) is 6.07 Å². The minimum Gasteiger partial charge on any atom is -0.386 e. The number of carbonyl (C=O) groups is 1. The third-order valence-corrected chi connectivity index (χ3v) is 2.86. The van der Waals surface area contributed by atoms with Crippen molar-refractivity contribution >= 4 is 11.7 Å². The third-order valence-electron chi connectivity index (χ3n) is 2.86. The molecule has 104 valence electrons. The molecule has 1 aromatic rings. The van der Waals surface area contributed by atoms with E-state index < -0.39 is 23.3 Å². The van der Waals surface area contributed by atoms with E-state index in [1.807, 2.05) is 0 Å². The summed E-state index contributed by atoms with van der Waals surface area (Å²) >= 11 is 0. The highest BCUT2D eigenvalue weighted by Crippen LogP contribution is 2.18. The van der Waals surface area contributed by atoms with Crippen molar-refractivity contribution in [2.24, 2.45) is 0 Å². The predicted molar refractivity (Wildman–Crippen MR) is 63.8 cm³/mol. The topological polar surface area (TPSA) is 70.6 Å². The van der Waals surface area contributed by atoms with E-state index in [4.69, 9.17) is 4.74 Å². The largest absolute Gasteiger partial charge is 0.386 e. The van der Waals surface area contributed by atoms with Gasteiger partial charge >= 0.3 is 6.03 Å². The molecule has 19 heavy (non-hydrogen) atoms. The highest BCUT2D eigenvalue weighted by molar-refractivity contribution is 5.89. The molecule has 1 saturated heterocycles. The summed E-state index contributed by atoms with van der Waals surface area (Å²) in [5, 5.41) is 14.5. The summed E-state index contributed by atoms with van der Waals surface area (Å²) in [7, 11) is 0. The second-order valence-corrected chi connectivity index (χ2v) is 4.44. The molecule has 1 aliphatic rings. The lowest BCUT2D eigenvalue weighted by atomic mass is 10.0. The first kappa shape index (κ1) is 13.7. The van der Waals surface area contributed by atoms with Gasteiger partial charge in [-0.05, 0) is 12.1 Å². The Kier molecular flexibility index (Phi) is 3.96. The fourth-order valence-corrected chi connectivity index (χ4v) is 1.75. The molecule has 7 heteroatoms. The van der Waals surface area contributed by atoms with Gasteiger partial charge < -0.3 is 20.5 Å². The van der Waals surface area contributed by atoms with Crippen LogP contribution in [-0.2, 0) is 4.74 Å². The number of halogens is 2. The van der Waals surface area contributed by atoms with Crippen molar-refractivity contribution in [2.45, 2.75) is 12.0 Å². The molecule has 0 saturated carbocycles. The van der Waals surface area contributed by atoms with E-state index in [2.05, 4.69) is 10.6 Å². The zero-order valence-corrected chi connectivity index (χ0v) is 10.1. The predicted octanol–water partition coefficient (Wildman–Crippen LogP) is 1.24. The number of rotatable bonds is 3. The molecule has 1 fully saturated rings. The molecule has 1 aromatic carbocycles. The maximum Gasteiger partial charge on any atom is 0.319 e. The zero-order chi connectivity index (χ0) is 13.9. The van der Waals surface area contributed by atoms with Gasteiger partial charge in [0.2, 0.25) is 0 Å². The standard InChI is InChI=1S/C12H14F2N2O3/c13-8-2-1-3-9(10(8)14)16-11(17)15-6-12(18)4-5-19-7-12/h1-3,18H,4-7H2,(H2,15,16,17)/t12-/m1/s1. The maximum absolute atomic E-state index is 13.3. The number of ether oxygens (including phenoxy) is 1. The van der Waals surface area contributed by atoms with Crippen molar-refractivity contribution in [3.63, 3.8) is 0 Å². The molecule has 0 aliphatic carbocycles. The minimum absolute atomic E-state index is 0.0181. The van der Waals surface area contributed by atoms with Gasteiger partial charge in [0.05, 0.1) is 18.8 Å². The van der Waals surface area contributed by atoms with Crippen LogP contribution in [0.2, 0.25) is 0 Å². The molecule has 1 heterocycles. The molecular formula is C12H14F2N2O3. The van der Waals surface area contributed by atoms with Gasteiger partial charge in [-0.2, -0.15) is 0 Å². The molecule has 0 bridgehead atoms. The van der Waals surface area contributed by atoms with Crippen LogP contribution in [0.15, 0.2) is 18.2 Å². The maximum atomic E-state index is 13.3. The van der Waals surface area contributed by atoms with Crippen LogP contribution in [0.4, 0.5) is 19.3 Å². The number of nitrogens with one attached hydrogen (secondary N) is 2. The Hall–Kier alpha value is -1.73. The molecule has 0 radical (unpaired) electrons. The van der Waals surface area contributed by atoms with Gasteiger partial charge in [0.1, 0.15) is 5.60 Å². The van der Waals surface area contributed by atoms with Crippen LogP contribution in [0.3, 0.4) is 0 Å². The Morgan fingerprint density at radius 1 is 1.47 bits per heavy atom. The molecule has 0 aromatic heterocycles. The van der Waals surface area contributed by atoms with Crippen LogP contribution in [0.1, 0.15) is 6.42 Å². The van der Waals surface area contributed by atoms with E-state index in [1.54, 1.807) is 0 Å². The van der Waals surface area contributed by atoms with Crippen LogP contribution in [0, 0.1) is 11.6 Å². The van der Waals surface area contributed by atoms with E-state index >= 15 is 0 Å². The Morgan fingerprint density at radius 2 is 2.26 bits per heavy atom.